The molecule has 0 aliphatic rings. The summed E-state index contributed by atoms with van der Waals surface area (Å²) < 4.78 is 22.7. The molecule has 0 bridgehead atoms. The minimum Gasteiger partial charge on any atom is -0.464 e. The average Bonchev–Trinajstić information content (AvgIpc) is 2.49. The first kappa shape index (κ1) is 25.3. The first-order valence-corrected chi connectivity index (χ1v) is 16.4. The smallest absolute Gasteiger partial charge is 0.337 e. The number of hydrogen-bond donors (Lipinski definition) is 0. The lowest BCUT2D eigenvalue weighted by atomic mass is 10.2. The Labute approximate surface area is 161 Å². The van der Waals surface area contributed by atoms with E-state index in [1.165, 1.54) is 0 Å². The zero-order chi connectivity index (χ0) is 20.4. The van der Waals surface area contributed by atoms with Crippen LogP contribution in [0.2, 0.25) is 39.3 Å². The molecule has 8 heteroatoms. The van der Waals surface area contributed by atoms with Crippen molar-refractivity contribution in [3.05, 3.63) is 0 Å². The molecule has 0 aromatic rings. The molecule has 0 fully saturated rings. The summed E-state index contributed by atoms with van der Waals surface area (Å²) in [6, 6.07) is 0. The zero-order valence-corrected chi connectivity index (χ0v) is 19.8. The van der Waals surface area contributed by atoms with Gasteiger partial charge in [-0.05, 0) is 52.1 Å². The largest absolute Gasteiger partial charge is 0.464 e. The zero-order valence-electron chi connectivity index (χ0n) is 17.8. The van der Waals surface area contributed by atoms with Crippen molar-refractivity contribution >= 4 is 28.6 Å². The van der Waals surface area contributed by atoms with Gasteiger partial charge in [-0.15, -0.1) is 0 Å². The Morgan fingerprint density at radius 2 is 1.00 bits per heavy atom. The third-order valence-electron chi connectivity index (χ3n) is 3.19. The fourth-order valence-electron chi connectivity index (χ4n) is 2.03. The molecule has 6 nitrogen and oxygen atoms in total. The molecule has 0 aromatic carbocycles. The van der Waals surface area contributed by atoms with Gasteiger partial charge in [0.2, 0.25) is 0 Å². The normalized spacial score (nSPS) is 14.6. The van der Waals surface area contributed by atoms with Gasteiger partial charge in [0.15, 0.2) is 28.8 Å². The van der Waals surface area contributed by atoms with Gasteiger partial charge in [0, 0.05) is 0 Å². The van der Waals surface area contributed by atoms with Gasteiger partial charge in [-0.2, -0.15) is 0 Å². The second-order valence-electron chi connectivity index (χ2n) is 8.34. The molecule has 26 heavy (non-hydrogen) atoms. The molecule has 0 unspecified atom stereocenters. The molecule has 0 radical (unpaired) electrons. The predicted octanol–water partition coefficient (Wildman–Crippen LogP) is 4.11. The minimum absolute atomic E-state index is 0.311. The summed E-state index contributed by atoms with van der Waals surface area (Å²) in [5.41, 5.74) is 0. The van der Waals surface area contributed by atoms with Crippen LogP contribution in [0.3, 0.4) is 0 Å². The van der Waals surface area contributed by atoms with Crippen molar-refractivity contribution < 1.29 is 27.9 Å². The summed E-state index contributed by atoms with van der Waals surface area (Å²) in [4.78, 5) is 25.3. The molecule has 0 aliphatic heterocycles. The van der Waals surface area contributed by atoms with Gasteiger partial charge in [-0.1, -0.05) is 26.7 Å². The molecule has 0 saturated carbocycles. The van der Waals surface area contributed by atoms with Crippen LogP contribution in [0.5, 0.6) is 0 Å². The number of unbranched alkanes of at least 4 members (excludes halogenated alkanes) is 2. The lowest BCUT2D eigenvalue weighted by molar-refractivity contribution is -0.170. The Hall–Kier alpha value is -0.706. The SMILES string of the molecule is CCCCOC(=O)[C@H](O[Si](C)(C)C)[C@@H](O[Si](C)(C)C)C(=O)OCCCC. The van der Waals surface area contributed by atoms with E-state index in [4.69, 9.17) is 18.3 Å². The Morgan fingerprint density at radius 1 is 0.692 bits per heavy atom. The third-order valence-corrected chi connectivity index (χ3v) is 5.11. The van der Waals surface area contributed by atoms with E-state index < -0.39 is 40.8 Å². The topological polar surface area (TPSA) is 71.1 Å². The Morgan fingerprint density at radius 3 is 1.23 bits per heavy atom. The van der Waals surface area contributed by atoms with Crippen LogP contribution in [0.25, 0.3) is 0 Å². The third kappa shape index (κ3) is 11.8. The molecule has 2 atom stereocenters. The Kier molecular flexibility index (Phi) is 11.6. The van der Waals surface area contributed by atoms with Gasteiger partial charge in [-0.3, -0.25) is 0 Å². The van der Waals surface area contributed by atoms with Crippen molar-refractivity contribution in [3.63, 3.8) is 0 Å². The number of carbonyl (C=O) groups excluding carboxylic acids is 2. The van der Waals surface area contributed by atoms with Crippen molar-refractivity contribution in [1.29, 1.82) is 0 Å². The fraction of sp³-hybridized carbons (Fsp3) is 0.889. The fourth-order valence-corrected chi connectivity index (χ4v) is 3.99. The number of esters is 2. The molecule has 0 aromatic heterocycles. The molecule has 0 spiro atoms. The number of ether oxygens (including phenoxy) is 2. The molecule has 0 amide bonds. The Bertz CT molecular complexity index is 388. The molecule has 0 saturated heterocycles. The summed E-state index contributed by atoms with van der Waals surface area (Å²) in [7, 11) is -4.25. The summed E-state index contributed by atoms with van der Waals surface area (Å²) >= 11 is 0. The van der Waals surface area contributed by atoms with E-state index in [-0.39, 0.29) is 0 Å². The van der Waals surface area contributed by atoms with Crippen LogP contribution in [-0.2, 0) is 27.9 Å². The van der Waals surface area contributed by atoms with Crippen molar-refractivity contribution in [1.82, 2.24) is 0 Å². The van der Waals surface area contributed by atoms with E-state index in [9.17, 15) is 9.59 Å². The first-order chi connectivity index (χ1) is 11.9. The van der Waals surface area contributed by atoms with Crippen molar-refractivity contribution in [2.45, 2.75) is 91.0 Å². The van der Waals surface area contributed by atoms with Crippen LogP contribution < -0.4 is 0 Å². The highest BCUT2D eigenvalue weighted by Crippen LogP contribution is 2.20. The van der Waals surface area contributed by atoms with E-state index >= 15 is 0 Å². The Balaban J connectivity index is 5.45. The van der Waals surface area contributed by atoms with Crippen LogP contribution in [0.1, 0.15) is 39.5 Å². The highest BCUT2D eigenvalue weighted by atomic mass is 28.4. The monoisotopic (exact) mass is 406 g/mol. The van der Waals surface area contributed by atoms with E-state index in [0.717, 1.165) is 25.7 Å². The van der Waals surface area contributed by atoms with E-state index in [0.29, 0.717) is 13.2 Å². The van der Waals surface area contributed by atoms with Crippen molar-refractivity contribution in [2.24, 2.45) is 0 Å². The van der Waals surface area contributed by atoms with E-state index in [2.05, 4.69) is 0 Å². The highest BCUT2D eigenvalue weighted by molar-refractivity contribution is 6.70. The highest BCUT2D eigenvalue weighted by Gasteiger charge is 2.43. The summed E-state index contributed by atoms with van der Waals surface area (Å²) in [5.74, 6) is -1.09. The molecule has 0 aliphatic carbocycles. The van der Waals surface area contributed by atoms with Gasteiger partial charge in [-0.25, -0.2) is 9.59 Å². The maximum atomic E-state index is 12.7. The number of carbonyl (C=O) groups is 2. The number of hydrogen-bond acceptors (Lipinski definition) is 6. The molecule has 154 valence electrons. The number of rotatable bonds is 13. The maximum Gasteiger partial charge on any atom is 0.337 e. The average molecular weight is 407 g/mol. The van der Waals surface area contributed by atoms with Crippen LogP contribution in [-0.4, -0.2) is 54.0 Å². The van der Waals surface area contributed by atoms with Gasteiger partial charge in [0.25, 0.3) is 0 Å². The first-order valence-electron chi connectivity index (χ1n) is 9.60. The van der Waals surface area contributed by atoms with Crippen molar-refractivity contribution in [3.8, 4) is 0 Å². The molecule has 0 heterocycles. The standard InChI is InChI=1S/C18H38O6Si2/c1-9-11-13-21-17(19)15(23-25(3,4)5)16(24-26(6,7)8)18(20)22-14-12-10-2/h15-16H,9-14H2,1-8H3/t15-,16-/m1/s1. The van der Waals surface area contributed by atoms with Gasteiger partial charge in [0.1, 0.15) is 0 Å². The summed E-state index contributed by atoms with van der Waals surface area (Å²) in [6.45, 7) is 16.5. The van der Waals surface area contributed by atoms with Gasteiger partial charge >= 0.3 is 11.9 Å². The van der Waals surface area contributed by atoms with Gasteiger partial charge in [0.05, 0.1) is 13.2 Å². The van der Waals surface area contributed by atoms with Crippen molar-refractivity contribution in [2.75, 3.05) is 13.2 Å². The second-order valence-corrected chi connectivity index (χ2v) is 17.3. The van der Waals surface area contributed by atoms with Gasteiger partial charge < -0.3 is 18.3 Å². The minimum atomic E-state index is -2.13. The van der Waals surface area contributed by atoms with E-state index in [1.54, 1.807) is 0 Å². The van der Waals surface area contributed by atoms with Crippen LogP contribution in [0, 0.1) is 0 Å². The molecule has 0 N–H and O–H groups in total. The maximum absolute atomic E-state index is 12.7. The molecular weight excluding hydrogens is 368 g/mol. The summed E-state index contributed by atoms with van der Waals surface area (Å²) in [6.07, 6.45) is 1.21. The summed E-state index contributed by atoms with van der Waals surface area (Å²) in [5, 5.41) is 0. The molecular formula is C18H38O6Si2. The molecule has 0 rings (SSSR count). The second kappa shape index (κ2) is 11.9. The lowest BCUT2D eigenvalue weighted by Gasteiger charge is -2.33. The quantitative estimate of drug-likeness (QED) is 0.260. The van der Waals surface area contributed by atoms with E-state index in [1.807, 2.05) is 53.1 Å². The lowest BCUT2D eigenvalue weighted by Crippen LogP contribution is -2.53. The van der Waals surface area contributed by atoms with Crippen LogP contribution in [0.15, 0.2) is 0 Å². The van der Waals surface area contributed by atoms with Crippen LogP contribution in [0.4, 0.5) is 0 Å². The predicted molar refractivity (Wildman–Crippen MR) is 108 cm³/mol. The van der Waals surface area contributed by atoms with Crippen LogP contribution >= 0.6 is 0 Å².